The summed E-state index contributed by atoms with van der Waals surface area (Å²) in [5.74, 6) is 0.804. The van der Waals surface area contributed by atoms with Crippen molar-refractivity contribution in [2.24, 2.45) is 5.92 Å². The fourth-order valence-electron chi connectivity index (χ4n) is 2.51. The van der Waals surface area contributed by atoms with Crippen LogP contribution in [0.2, 0.25) is 0 Å². The zero-order valence-electron chi connectivity index (χ0n) is 10.9. The lowest BCUT2D eigenvalue weighted by atomic mass is 10.0. The lowest BCUT2D eigenvalue weighted by Gasteiger charge is -2.18. The second-order valence-electron chi connectivity index (χ2n) is 4.98. The van der Waals surface area contributed by atoms with Gasteiger partial charge >= 0.3 is 0 Å². The van der Waals surface area contributed by atoms with Crippen LogP contribution >= 0.6 is 0 Å². The van der Waals surface area contributed by atoms with E-state index in [1.54, 1.807) is 13.2 Å². The lowest BCUT2D eigenvalue weighted by Crippen LogP contribution is -2.24. The SMILES string of the molecule is COc1ccc(F)cc1CN1CCC(C(C)O)C1. The molecule has 1 aliphatic heterocycles. The summed E-state index contributed by atoms with van der Waals surface area (Å²) in [5.41, 5.74) is 0.865. The molecule has 4 heteroatoms. The van der Waals surface area contributed by atoms with Gasteiger partial charge < -0.3 is 9.84 Å². The number of benzene rings is 1. The van der Waals surface area contributed by atoms with Crippen LogP contribution < -0.4 is 4.74 Å². The molecule has 3 nitrogen and oxygen atoms in total. The van der Waals surface area contributed by atoms with Crippen LogP contribution in [-0.4, -0.2) is 36.3 Å². The van der Waals surface area contributed by atoms with Crippen LogP contribution in [0.1, 0.15) is 18.9 Å². The highest BCUT2D eigenvalue weighted by molar-refractivity contribution is 5.33. The molecule has 2 atom stereocenters. The van der Waals surface area contributed by atoms with E-state index in [-0.39, 0.29) is 11.9 Å². The molecule has 0 aromatic heterocycles. The number of methoxy groups -OCH3 is 1. The molecule has 100 valence electrons. The average Bonchev–Trinajstić information content (AvgIpc) is 2.78. The second-order valence-corrected chi connectivity index (χ2v) is 4.98. The summed E-state index contributed by atoms with van der Waals surface area (Å²) in [7, 11) is 1.60. The minimum absolute atomic E-state index is 0.239. The monoisotopic (exact) mass is 253 g/mol. The van der Waals surface area contributed by atoms with Gasteiger partial charge in [0.25, 0.3) is 0 Å². The minimum atomic E-state index is -0.274. The summed E-state index contributed by atoms with van der Waals surface area (Å²) < 4.78 is 18.5. The highest BCUT2D eigenvalue weighted by Gasteiger charge is 2.26. The maximum Gasteiger partial charge on any atom is 0.123 e. The Labute approximate surface area is 107 Å². The summed E-state index contributed by atoms with van der Waals surface area (Å²) in [6.07, 6.45) is 0.722. The number of aliphatic hydroxyl groups excluding tert-OH is 1. The van der Waals surface area contributed by atoms with Gasteiger partial charge in [0, 0.05) is 18.7 Å². The number of hydrogen-bond acceptors (Lipinski definition) is 3. The largest absolute Gasteiger partial charge is 0.496 e. The molecule has 0 bridgehead atoms. The smallest absolute Gasteiger partial charge is 0.123 e. The molecule has 18 heavy (non-hydrogen) atoms. The summed E-state index contributed by atoms with van der Waals surface area (Å²) in [4.78, 5) is 2.23. The highest BCUT2D eigenvalue weighted by atomic mass is 19.1. The Morgan fingerprint density at radius 3 is 2.94 bits per heavy atom. The number of halogens is 1. The summed E-state index contributed by atoms with van der Waals surface area (Å²) in [5, 5.41) is 9.57. The molecule has 0 radical (unpaired) electrons. The highest BCUT2D eigenvalue weighted by Crippen LogP contribution is 2.25. The van der Waals surface area contributed by atoms with Gasteiger partial charge in [0.2, 0.25) is 0 Å². The Morgan fingerprint density at radius 1 is 1.56 bits per heavy atom. The number of nitrogens with zero attached hydrogens (tertiary/aromatic N) is 1. The standard InChI is InChI=1S/C14H20FNO2/c1-10(17)11-5-6-16(8-11)9-12-7-13(15)3-4-14(12)18-2/h3-4,7,10-11,17H,5-6,8-9H2,1-2H3. The van der Waals surface area contributed by atoms with E-state index in [4.69, 9.17) is 4.74 Å². The molecule has 0 spiro atoms. The molecular weight excluding hydrogens is 233 g/mol. The third-order valence-corrected chi connectivity index (χ3v) is 3.63. The number of hydrogen-bond donors (Lipinski definition) is 1. The van der Waals surface area contributed by atoms with Crippen molar-refractivity contribution in [3.05, 3.63) is 29.6 Å². The third kappa shape index (κ3) is 3.00. The number of aliphatic hydroxyl groups is 1. The van der Waals surface area contributed by atoms with E-state index in [1.165, 1.54) is 12.1 Å². The van der Waals surface area contributed by atoms with E-state index in [0.29, 0.717) is 12.5 Å². The van der Waals surface area contributed by atoms with Crippen LogP contribution in [0, 0.1) is 11.7 Å². The lowest BCUT2D eigenvalue weighted by molar-refractivity contribution is 0.127. The third-order valence-electron chi connectivity index (χ3n) is 3.63. The summed E-state index contributed by atoms with van der Waals surface area (Å²) >= 11 is 0. The van der Waals surface area contributed by atoms with Crippen molar-refractivity contribution in [2.45, 2.75) is 26.0 Å². The van der Waals surface area contributed by atoms with Crippen molar-refractivity contribution in [1.29, 1.82) is 0 Å². The predicted octanol–water partition coefficient (Wildman–Crippen LogP) is 2.04. The van der Waals surface area contributed by atoms with Gasteiger partial charge in [0.15, 0.2) is 0 Å². The van der Waals surface area contributed by atoms with Gasteiger partial charge in [-0.3, -0.25) is 4.90 Å². The quantitative estimate of drug-likeness (QED) is 0.891. The first-order valence-electron chi connectivity index (χ1n) is 6.33. The van der Waals surface area contributed by atoms with Crippen LogP contribution in [0.5, 0.6) is 5.75 Å². The molecule has 1 saturated heterocycles. The Hall–Kier alpha value is -1.13. The number of likely N-dealkylation sites (tertiary alicyclic amines) is 1. The molecule has 1 aromatic carbocycles. The zero-order chi connectivity index (χ0) is 13.1. The van der Waals surface area contributed by atoms with Crippen LogP contribution in [-0.2, 0) is 6.54 Å². The maximum atomic E-state index is 13.2. The van der Waals surface area contributed by atoms with Gasteiger partial charge in [0.1, 0.15) is 11.6 Å². The number of ether oxygens (including phenoxy) is 1. The Bertz CT molecular complexity index is 409. The van der Waals surface area contributed by atoms with Crippen molar-refractivity contribution < 1.29 is 14.2 Å². The Morgan fingerprint density at radius 2 is 2.33 bits per heavy atom. The molecule has 2 unspecified atom stereocenters. The molecular formula is C14H20FNO2. The fourth-order valence-corrected chi connectivity index (χ4v) is 2.51. The van der Waals surface area contributed by atoms with Gasteiger partial charge in [-0.25, -0.2) is 4.39 Å². The van der Waals surface area contributed by atoms with Crippen LogP contribution in [0.25, 0.3) is 0 Å². The van der Waals surface area contributed by atoms with Gasteiger partial charge in [-0.2, -0.15) is 0 Å². The average molecular weight is 253 g/mol. The zero-order valence-corrected chi connectivity index (χ0v) is 10.9. The molecule has 1 N–H and O–H groups in total. The molecule has 1 aliphatic rings. The molecule has 1 aromatic rings. The van der Waals surface area contributed by atoms with E-state index >= 15 is 0 Å². The summed E-state index contributed by atoms with van der Waals surface area (Å²) in [6, 6.07) is 4.59. The first kappa shape index (κ1) is 13.3. The first-order valence-corrected chi connectivity index (χ1v) is 6.33. The van der Waals surface area contributed by atoms with Gasteiger partial charge in [-0.15, -0.1) is 0 Å². The van der Waals surface area contributed by atoms with Crippen molar-refractivity contribution in [3.63, 3.8) is 0 Å². The van der Waals surface area contributed by atoms with E-state index in [9.17, 15) is 9.50 Å². The van der Waals surface area contributed by atoms with E-state index in [2.05, 4.69) is 4.90 Å². The Kier molecular flexibility index (Phi) is 4.19. The van der Waals surface area contributed by atoms with Crippen LogP contribution in [0.15, 0.2) is 18.2 Å². The topological polar surface area (TPSA) is 32.7 Å². The van der Waals surface area contributed by atoms with Gasteiger partial charge in [-0.05, 0) is 44.0 Å². The minimum Gasteiger partial charge on any atom is -0.496 e. The van der Waals surface area contributed by atoms with Gasteiger partial charge in [-0.1, -0.05) is 0 Å². The van der Waals surface area contributed by atoms with Crippen LogP contribution in [0.3, 0.4) is 0 Å². The molecule has 0 aliphatic carbocycles. The van der Waals surface area contributed by atoms with Crippen molar-refractivity contribution >= 4 is 0 Å². The van der Waals surface area contributed by atoms with Crippen LogP contribution in [0.4, 0.5) is 4.39 Å². The fraction of sp³-hybridized carbons (Fsp3) is 0.571. The van der Waals surface area contributed by atoms with E-state index in [1.807, 2.05) is 6.92 Å². The Balaban J connectivity index is 2.04. The molecule has 2 rings (SSSR count). The van der Waals surface area contributed by atoms with E-state index in [0.717, 1.165) is 30.8 Å². The van der Waals surface area contributed by atoms with Gasteiger partial charge in [0.05, 0.1) is 13.2 Å². The number of rotatable bonds is 4. The first-order chi connectivity index (χ1) is 8.60. The summed E-state index contributed by atoms with van der Waals surface area (Å²) in [6.45, 7) is 4.30. The normalized spacial score (nSPS) is 22.1. The van der Waals surface area contributed by atoms with Crippen molar-refractivity contribution in [1.82, 2.24) is 4.90 Å². The maximum absolute atomic E-state index is 13.2. The molecule has 1 heterocycles. The van der Waals surface area contributed by atoms with E-state index < -0.39 is 0 Å². The predicted molar refractivity (Wildman–Crippen MR) is 68.0 cm³/mol. The second kappa shape index (κ2) is 5.67. The molecule has 0 amide bonds. The van der Waals surface area contributed by atoms with Crippen molar-refractivity contribution in [3.8, 4) is 5.75 Å². The van der Waals surface area contributed by atoms with Crippen molar-refractivity contribution in [2.75, 3.05) is 20.2 Å². The molecule has 0 saturated carbocycles. The molecule has 1 fully saturated rings.